The number of aliphatic hydroxyl groups excluding tert-OH is 2. The monoisotopic (exact) mass is 882 g/mol. The molecule has 2 saturated heterocycles. The van der Waals surface area contributed by atoms with Crippen LogP contribution in [0.4, 0.5) is 0 Å². The number of benzene rings is 6. The Balaban J connectivity index is 1.12. The molecule has 0 amide bonds. The second kappa shape index (κ2) is 24.4. The standard InChI is InChI=1S/C54H58O11/c55-47-48(59-33-41-23-11-3-12-24-41)45(37-57-31-39-19-7-1-8-20-39)64-54(50(47)60-34-42-25-13-4-14-26-42)65-49-46(38-58-32-40-21-9-2-10-22-40)63-53(56)52(62-36-44-29-17-6-18-30-44)51(49)61-35-43-27-15-5-16-28-43/h1-30,45-56H,31-38H2/t45-,46-,47+,48+,49-,50-,51+,52-,53?,54+/m1/s1. The van der Waals surface area contributed by atoms with Gasteiger partial charge in [-0.05, 0) is 33.4 Å². The van der Waals surface area contributed by atoms with Crippen LogP contribution in [-0.4, -0.2) is 84.8 Å². The highest BCUT2D eigenvalue weighted by Crippen LogP contribution is 2.35. The summed E-state index contributed by atoms with van der Waals surface area (Å²) >= 11 is 0. The van der Waals surface area contributed by atoms with Crippen molar-refractivity contribution in [3.8, 4) is 0 Å². The maximum atomic E-state index is 12.5. The van der Waals surface area contributed by atoms with E-state index in [2.05, 4.69) is 0 Å². The Hall–Kier alpha value is -5.12. The summed E-state index contributed by atoms with van der Waals surface area (Å²) < 4.78 is 59.4. The van der Waals surface area contributed by atoms with E-state index in [1.165, 1.54) is 0 Å². The molecular weight excluding hydrogens is 825 g/mol. The number of ether oxygens (including phenoxy) is 9. The second-order valence-corrected chi connectivity index (χ2v) is 16.2. The van der Waals surface area contributed by atoms with Crippen molar-refractivity contribution in [3.63, 3.8) is 0 Å². The van der Waals surface area contributed by atoms with E-state index in [-0.39, 0.29) is 46.2 Å². The van der Waals surface area contributed by atoms with Crippen LogP contribution in [0.2, 0.25) is 0 Å². The Labute approximate surface area is 381 Å². The van der Waals surface area contributed by atoms with Crippen molar-refractivity contribution in [2.75, 3.05) is 13.2 Å². The first-order valence-corrected chi connectivity index (χ1v) is 22.3. The van der Waals surface area contributed by atoms with Crippen LogP contribution in [0.1, 0.15) is 33.4 Å². The summed E-state index contributed by atoms with van der Waals surface area (Å²) in [5, 5.41) is 24.3. The molecule has 0 saturated carbocycles. The maximum absolute atomic E-state index is 12.5. The third-order valence-corrected chi connectivity index (χ3v) is 11.4. The van der Waals surface area contributed by atoms with E-state index in [1.54, 1.807) is 0 Å². The molecule has 2 aliphatic rings. The highest BCUT2D eigenvalue weighted by molar-refractivity contribution is 5.18. The van der Waals surface area contributed by atoms with E-state index in [9.17, 15) is 10.2 Å². The van der Waals surface area contributed by atoms with E-state index in [0.29, 0.717) is 6.61 Å². The van der Waals surface area contributed by atoms with Gasteiger partial charge in [0.1, 0.15) is 48.8 Å². The fourth-order valence-electron chi connectivity index (χ4n) is 8.04. The molecule has 2 aliphatic heterocycles. The van der Waals surface area contributed by atoms with Crippen molar-refractivity contribution in [2.24, 2.45) is 0 Å². The predicted octanol–water partition coefficient (Wildman–Crippen LogP) is 7.95. The first kappa shape index (κ1) is 46.4. The molecule has 6 aromatic rings. The van der Waals surface area contributed by atoms with Crippen molar-refractivity contribution >= 4 is 0 Å². The zero-order chi connectivity index (χ0) is 44.5. The first-order chi connectivity index (χ1) is 32.1. The smallest absolute Gasteiger partial charge is 0.187 e. The maximum Gasteiger partial charge on any atom is 0.187 e. The van der Waals surface area contributed by atoms with E-state index in [1.807, 2.05) is 182 Å². The summed E-state index contributed by atoms with van der Waals surface area (Å²) in [6, 6.07) is 58.6. The SMILES string of the molecule is OC1O[C@H](COCc2ccccc2)[C@@H](O[C@@H]2O[C@H](COCc3ccccc3)[C@H](OCc3ccccc3)[C@H](O)[C@H]2OCc2ccccc2)[C@H](OCc2ccccc2)[C@H]1OCc1ccccc1. The molecule has 11 heteroatoms. The molecule has 0 radical (unpaired) electrons. The summed E-state index contributed by atoms with van der Waals surface area (Å²) in [7, 11) is 0. The van der Waals surface area contributed by atoms with Crippen LogP contribution in [0.25, 0.3) is 0 Å². The van der Waals surface area contributed by atoms with Crippen LogP contribution in [-0.2, 0) is 82.3 Å². The average Bonchev–Trinajstić information content (AvgIpc) is 3.35. The Morgan fingerprint density at radius 2 is 0.662 bits per heavy atom. The van der Waals surface area contributed by atoms with Crippen LogP contribution < -0.4 is 0 Å². The van der Waals surface area contributed by atoms with Gasteiger partial charge in [0.25, 0.3) is 0 Å². The number of hydrogen-bond donors (Lipinski definition) is 2. The zero-order valence-corrected chi connectivity index (χ0v) is 36.3. The Morgan fingerprint density at radius 1 is 0.338 bits per heavy atom. The molecule has 0 bridgehead atoms. The molecular formula is C54H58O11. The molecule has 6 aromatic carbocycles. The molecule has 0 aromatic heterocycles. The lowest BCUT2D eigenvalue weighted by Gasteiger charge is -2.49. The summed E-state index contributed by atoms with van der Waals surface area (Å²) in [4.78, 5) is 0. The van der Waals surface area contributed by atoms with Crippen molar-refractivity contribution in [3.05, 3.63) is 215 Å². The number of aliphatic hydroxyl groups is 2. The molecule has 2 N–H and O–H groups in total. The normalized spacial score (nSPS) is 25.6. The minimum Gasteiger partial charge on any atom is -0.387 e. The fraction of sp³-hybridized carbons (Fsp3) is 0.333. The molecule has 65 heavy (non-hydrogen) atoms. The largest absolute Gasteiger partial charge is 0.387 e. The van der Waals surface area contributed by atoms with E-state index < -0.39 is 61.4 Å². The van der Waals surface area contributed by atoms with Gasteiger partial charge in [0.05, 0.1) is 52.9 Å². The highest BCUT2D eigenvalue weighted by atomic mass is 16.7. The van der Waals surface area contributed by atoms with Crippen LogP contribution in [0, 0.1) is 0 Å². The van der Waals surface area contributed by atoms with Crippen LogP contribution in [0.5, 0.6) is 0 Å². The molecule has 0 spiro atoms. The zero-order valence-electron chi connectivity index (χ0n) is 36.3. The lowest BCUT2D eigenvalue weighted by atomic mass is 9.96. The Morgan fingerprint density at radius 3 is 1.06 bits per heavy atom. The van der Waals surface area contributed by atoms with Crippen molar-refractivity contribution < 1.29 is 52.8 Å². The summed E-state index contributed by atoms with van der Waals surface area (Å²) in [6.45, 7) is 1.38. The van der Waals surface area contributed by atoms with Crippen molar-refractivity contribution in [1.82, 2.24) is 0 Å². The predicted molar refractivity (Wildman–Crippen MR) is 243 cm³/mol. The topological polar surface area (TPSA) is 124 Å². The van der Waals surface area contributed by atoms with E-state index >= 15 is 0 Å². The van der Waals surface area contributed by atoms with Gasteiger partial charge in [-0.25, -0.2) is 0 Å². The van der Waals surface area contributed by atoms with Crippen molar-refractivity contribution in [2.45, 2.75) is 101 Å². The van der Waals surface area contributed by atoms with Gasteiger partial charge in [-0.2, -0.15) is 0 Å². The van der Waals surface area contributed by atoms with Crippen molar-refractivity contribution in [1.29, 1.82) is 0 Å². The molecule has 2 heterocycles. The summed E-state index contributed by atoms with van der Waals surface area (Å²) in [5.41, 5.74) is 5.59. The molecule has 1 unspecified atom stereocenters. The van der Waals surface area contributed by atoms with Crippen LogP contribution >= 0.6 is 0 Å². The molecule has 340 valence electrons. The van der Waals surface area contributed by atoms with Gasteiger partial charge < -0.3 is 52.8 Å². The third kappa shape index (κ3) is 13.5. The van der Waals surface area contributed by atoms with Gasteiger partial charge in [-0.3, -0.25) is 0 Å². The molecule has 11 nitrogen and oxygen atoms in total. The molecule has 0 aliphatic carbocycles. The molecule has 10 atom stereocenters. The third-order valence-electron chi connectivity index (χ3n) is 11.4. The summed E-state index contributed by atoms with van der Waals surface area (Å²) in [5.74, 6) is 0. The van der Waals surface area contributed by atoms with E-state index in [0.717, 1.165) is 33.4 Å². The quantitative estimate of drug-likeness (QED) is 0.0691. The van der Waals surface area contributed by atoms with Gasteiger partial charge >= 0.3 is 0 Å². The fourth-order valence-corrected chi connectivity index (χ4v) is 8.04. The minimum atomic E-state index is -1.41. The first-order valence-electron chi connectivity index (χ1n) is 22.3. The summed E-state index contributed by atoms with van der Waals surface area (Å²) in [6.07, 6.45) is -10.4. The van der Waals surface area contributed by atoms with E-state index in [4.69, 9.17) is 42.6 Å². The van der Waals surface area contributed by atoms with Gasteiger partial charge in [0.2, 0.25) is 0 Å². The molecule has 8 rings (SSSR count). The van der Waals surface area contributed by atoms with Crippen LogP contribution in [0.3, 0.4) is 0 Å². The number of hydrogen-bond acceptors (Lipinski definition) is 11. The Kier molecular flexibility index (Phi) is 17.4. The average molecular weight is 883 g/mol. The lowest BCUT2D eigenvalue weighted by molar-refractivity contribution is -0.371. The van der Waals surface area contributed by atoms with Gasteiger partial charge in [-0.1, -0.05) is 182 Å². The van der Waals surface area contributed by atoms with Gasteiger partial charge in [-0.15, -0.1) is 0 Å². The highest BCUT2D eigenvalue weighted by Gasteiger charge is 2.53. The van der Waals surface area contributed by atoms with Gasteiger partial charge in [0.15, 0.2) is 12.6 Å². The minimum absolute atomic E-state index is 0.0183. The number of rotatable bonds is 22. The molecule has 2 fully saturated rings. The second-order valence-electron chi connectivity index (χ2n) is 16.2. The van der Waals surface area contributed by atoms with Crippen LogP contribution in [0.15, 0.2) is 182 Å². The van der Waals surface area contributed by atoms with Gasteiger partial charge in [0, 0.05) is 0 Å². The Bertz CT molecular complexity index is 2200. The lowest BCUT2D eigenvalue weighted by Crippen LogP contribution is -2.66.